The van der Waals surface area contributed by atoms with Gasteiger partial charge in [-0.3, -0.25) is 4.57 Å². The molecule has 0 atom stereocenters. The zero-order valence-corrected chi connectivity index (χ0v) is 33.8. The Morgan fingerprint density at radius 2 is 0.905 bits per heavy atom. The molecule has 292 valence electrons. The van der Waals surface area contributed by atoms with E-state index in [2.05, 4.69) is 168 Å². The van der Waals surface area contributed by atoms with Crippen LogP contribution in [0.25, 0.3) is 106 Å². The van der Waals surface area contributed by atoms with Gasteiger partial charge in [0.25, 0.3) is 0 Å². The van der Waals surface area contributed by atoms with Gasteiger partial charge in [-0.2, -0.15) is 9.97 Å². The minimum Gasteiger partial charge on any atom is -0.455 e. The molecule has 0 saturated carbocycles. The van der Waals surface area contributed by atoms with Crippen molar-refractivity contribution in [1.29, 1.82) is 0 Å². The molecule has 0 saturated heterocycles. The molecule has 0 fully saturated rings. The number of hydrogen-bond donors (Lipinski definition) is 0. The number of hydrogen-bond acceptors (Lipinski definition) is 4. The van der Waals surface area contributed by atoms with Gasteiger partial charge in [0, 0.05) is 27.1 Å². The van der Waals surface area contributed by atoms with Crippen LogP contribution in [0.3, 0.4) is 0 Å². The maximum Gasteiger partial charge on any atom is 0.238 e. The lowest BCUT2D eigenvalue weighted by Gasteiger charge is -2.30. The molecule has 0 aliphatic heterocycles. The number of furan rings is 1. The molecule has 1 spiro atoms. The number of aromatic nitrogens is 4. The van der Waals surface area contributed by atoms with Gasteiger partial charge >= 0.3 is 0 Å². The Morgan fingerprint density at radius 3 is 1.67 bits per heavy atom. The summed E-state index contributed by atoms with van der Waals surface area (Å²) in [7, 11) is 0. The number of fused-ring (bicyclic) bond motifs is 16. The Balaban J connectivity index is 1.00. The van der Waals surface area contributed by atoms with E-state index in [0.717, 1.165) is 66.0 Å². The third kappa shape index (κ3) is 4.68. The highest BCUT2D eigenvalue weighted by Crippen LogP contribution is 2.63. The molecule has 14 rings (SSSR count). The molecule has 5 heteroatoms. The maximum atomic E-state index is 6.54. The Bertz CT molecular complexity index is 3810. The molecular formula is C58H34N4O. The molecule has 2 aliphatic rings. The summed E-state index contributed by atoms with van der Waals surface area (Å²) < 4.78 is 8.75. The van der Waals surface area contributed by atoms with Crippen LogP contribution in [0.5, 0.6) is 0 Å². The van der Waals surface area contributed by atoms with Crippen molar-refractivity contribution in [1.82, 2.24) is 19.5 Å². The highest BCUT2D eigenvalue weighted by Gasteiger charge is 2.51. The van der Waals surface area contributed by atoms with Gasteiger partial charge in [0.05, 0.1) is 22.0 Å². The van der Waals surface area contributed by atoms with Gasteiger partial charge in [-0.1, -0.05) is 176 Å². The van der Waals surface area contributed by atoms with E-state index in [-0.39, 0.29) is 0 Å². The van der Waals surface area contributed by atoms with Crippen LogP contribution in [0.2, 0.25) is 0 Å². The van der Waals surface area contributed by atoms with E-state index in [1.807, 2.05) is 42.5 Å². The highest BCUT2D eigenvalue weighted by molar-refractivity contribution is 6.11. The summed E-state index contributed by atoms with van der Waals surface area (Å²) in [6.07, 6.45) is 0. The summed E-state index contributed by atoms with van der Waals surface area (Å²) in [5, 5.41) is 4.34. The minimum absolute atomic E-state index is 0.425. The van der Waals surface area contributed by atoms with Gasteiger partial charge < -0.3 is 4.42 Å². The summed E-state index contributed by atoms with van der Waals surface area (Å²) >= 11 is 0. The normalized spacial score (nSPS) is 13.2. The van der Waals surface area contributed by atoms with Gasteiger partial charge in [0.1, 0.15) is 11.2 Å². The van der Waals surface area contributed by atoms with Gasteiger partial charge in [0.2, 0.25) is 5.95 Å². The summed E-state index contributed by atoms with van der Waals surface area (Å²) in [6.45, 7) is 0. The van der Waals surface area contributed by atoms with Crippen molar-refractivity contribution in [3.63, 3.8) is 0 Å². The zero-order valence-electron chi connectivity index (χ0n) is 33.8. The first-order chi connectivity index (χ1) is 31.2. The van der Waals surface area contributed by atoms with E-state index in [0.29, 0.717) is 17.6 Å². The van der Waals surface area contributed by atoms with Crippen LogP contribution in [-0.2, 0) is 5.41 Å². The predicted octanol–water partition coefficient (Wildman–Crippen LogP) is 14.2. The fourth-order valence-electron chi connectivity index (χ4n) is 10.9. The van der Waals surface area contributed by atoms with Gasteiger partial charge in [-0.05, 0) is 86.0 Å². The van der Waals surface area contributed by atoms with Crippen molar-refractivity contribution < 1.29 is 4.42 Å². The molecule has 0 unspecified atom stereocenters. The summed E-state index contributed by atoms with van der Waals surface area (Å²) in [6, 6.07) is 73.9. The van der Waals surface area contributed by atoms with Crippen LogP contribution < -0.4 is 0 Å². The standard InChI is InChI=1S/C58H34N4O/c1-2-15-35(16-3-1)55-59-56(46-23-14-22-45-44-21-8-13-28-53(44)63-54(45)46)61-57(60-55)62-51-27-12-7-20-42(51)43-32-30-37(34-52(43)62)36-29-31-41-40-19-6-11-26-49(40)58(50(41)33-36)47-24-9-4-17-38(47)39-18-5-10-25-48(39)58/h1-34H. The average molecular weight is 803 g/mol. The first kappa shape index (κ1) is 34.3. The fraction of sp³-hybridized carbons (Fsp3) is 0.0172. The number of rotatable bonds is 4. The average Bonchev–Trinajstić information content (AvgIpc) is 4.07. The topological polar surface area (TPSA) is 56.7 Å². The lowest BCUT2D eigenvalue weighted by atomic mass is 9.70. The van der Waals surface area contributed by atoms with Crippen molar-refractivity contribution in [3.8, 4) is 62.1 Å². The Kier molecular flexibility index (Phi) is 6.97. The van der Waals surface area contributed by atoms with E-state index >= 15 is 0 Å². The van der Waals surface area contributed by atoms with E-state index in [1.54, 1.807) is 0 Å². The van der Waals surface area contributed by atoms with Gasteiger partial charge in [-0.15, -0.1) is 0 Å². The number of para-hydroxylation sites is 3. The largest absolute Gasteiger partial charge is 0.455 e. The van der Waals surface area contributed by atoms with Crippen LogP contribution in [-0.4, -0.2) is 19.5 Å². The van der Waals surface area contributed by atoms with Crippen LogP contribution in [0.15, 0.2) is 211 Å². The summed E-state index contributed by atoms with van der Waals surface area (Å²) in [5.74, 6) is 1.68. The molecule has 63 heavy (non-hydrogen) atoms. The first-order valence-corrected chi connectivity index (χ1v) is 21.4. The van der Waals surface area contributed by atoms with Crippen molar-refractivity contribution in [2.75, 3.05) is 0 Å². The quantitative estimate of drug-likeness (QED) is 0.178. The second kappa shape index (κ2) is 12.8. The van der Waals surface area contributed by atoms with Gasteiger partial charge in [0.15, 0.2) is 11.6 Å². The third-order valence-corrected chi connectivity index (χ3v) is 13.5. The molecule has 5 nitrogen and oxygen atoms in total. The van der Waals surface area contributed by atoms with Crippen molar-refractivity contribution >= 4 is 43.7 Å². The minimum atomic E-state index is -0.425. The molecule has 12 aromatic rings. The fourth-order valence-corrected chi connectivity index (χ4v) is 10.9. The van der Waals surface area contributed by atoms with Crippen LogP contribution in [0.1, 0.15) is 22.3 Å². The Labute approximate surface area is 362 Å². The van der Waals surface area contributed by atoms with E-state index in [4.69, 9.17) is 19.4 Å². The molecule has 3 aromatic heterocycles. The van der Waals surface area contributed by atoms with Crippen molar-refractivity contribution in [2.45, 2.75) is 5.41 Å². The molecule has 0 radical (unpaired) electrons. The lowest BCUT2D eigenvalue weighted by Crippen LogP contribution is -2.25. The van der Waals surface area contributed by atoms with E-state index < -0.39 is 5.41 Å². The highest BCUT2D eigenvalue weighted by atomic mass is 16.3. The molecule has 0 N–H and O–H groups in total. The monoisotopic (exact) mass is 802 g/mol. The van der Waals surface area contributed by atoms with E-state index in [1.165, 1.54) is 44.5 Å². The molecule has 0 amide bonds. The maximum absolute atomic E-state index is 6.54. The van der Waals surface area contributed by atoms with Gasteiger partial charge in [-0.25, -0.2) is 4.98 Å². The Morgan fingerprint density at radius 1 is 0.349 bits per heavy atom. The first-order valence-electron chi connectivity index (χ1n) is 21.4. The lowest BCUT2D eigenvalue weighted by molar-refractivity contribution is 0.669. The van der Waals surface area contributed by atoms with Crippen LogP contribution in [0, 0.1) is 0 Å². The molecule has 3 heterocycles. The smallest absolute Gasteiger partial charge is 0.238 e. The van der Waals surface area contributed by atoms with Crippen molar-refractivity contribution in [3.05, 3.63) is 229 Å². The Hall–Kier alpha value is -8.41. The van der Waals surface area contributed by atoms with E-state index in [9.17, 15) is 0 Å². The van der Waals surface area contributed by atoms with Crippen molar-refractivity contribution in [2.24, 2.45) is 0 Å². The van der Waals surface area contributed by atoms with Crippen LogP contribution >= 0.6 is 0 Å². The third-order valence-electron chi connectivity index (χ3n) is 13.5. The van der Waals surface area contributed by atoms with Crippen LogP contribution in [0.4, 0.5) is 0 Å². The number of nitrogens with zero attached hydrogens (tertiary/aromatic N) is 4. The molecule has 9 aromatic carbocycles. The second-order valence-electron chi connectivity index (χ2n) is 16.7. The number of benzene rings is 9. The summed E-state index contributed by atoms with van der Waals surface area (Å²) in [4.78, 5) is 15.8. The molecule has 0 bridgehead atoms. The SMILES string of the molecule is c1ccc(-c2nc(-c3cccc4c3oc3ccccc34)nc(-n3c4ccccc4c4ccc(-c5ccc6c(c5)C5(c7ccccc7-c7ccccc75)c5ccccc5-6)cc43)n2)cc1. The molecular weight excluding hydrogens is 769 g/mol. The summed E-state index contributed by atoms with van der Waals surface area (Å²) in [5.41, 5.74) is 17.7. The molecule has 2 aliphatic carbocycles. The second-order valence-corrected chi connectivity index (χ2v) is 16.7. The predicted molar refractivity (Wildman–Crippen MR) is 254 cm³/mol. The zero-order chi connectivity index (χ0) is 41.2.